The first-order valence-electron chi connectivity index (χ1n) is 21.1. The quantitative estimate of drug-likeness (QED) is 0.168. The lowest BCUT2D eigenvalue weighted by atomic mass is 9.65. The third-order valence-corrected chi connectivity index (χ3v) is 12.6. The normalized spacial score (nSPS) is 12.8. The van der Waals surface area contributed by atoms with Gasteiger partial charge in [0, 0.05) is 33.4 Å². The molecule has 0 bridgehead atoms. The molecule has 2 heterocycles. The van der Waals surface area contributed by atoms with Crippen molar-refractivity contribution in [3.8, 4) is 89.9 Å². The first-order valence-corrected chi connectivity index (χ1v) is 21.1. The molecule has 0 fully saturated rings. The predicted octanol–water partition coefficient (Wildman–Crippen LogP) is 14.9. The van der Waals surface area contributed by atoms with Crippen molar-refractivity contribution in [1.82, 2.24) is 9.97 Å². The first kappa shape index (κ1) is 35.8. The van der Waals surface area contributed by atoms with Crippen LogP contribution in [0.5, 0.6) is 11.5 Å². The number of fused-ring (bicyclic) bond motifs is 9. The second-order valence-corrected chi connectivity index (χ2v) is 16.0. The van der Waals surface area contributed by atoms with Gasteiger partial charge in [0.15, 0.2) is 5.82 Å². The van der Waals surface area contributed by atoms with Gasteiger partial charge in [0.1, 0.15) is 11.5 Å². The minimum Gasteiger partial charge on any atom is -0.456 e. The van der Waals surface area contributed by atoms with E-state index >= 15 is 0 Å². The van der Waals surface area contributed by atoms with Crippen molar-refractivity contribution in [3.63, 3.8) is 0 Å². The molecule has 0 saturated carbocycles. The maximum absolute atomic E-state index is 7.11. The number of hydrogen-bond donors (Lipinski definition) is 0. The maximum atomic E-state index is 7.11. The van der Waals surface area contributed by atoms with Crippen molar-refractivity contribution in [2.75, 3.05) is 0 Å². The standard InChI is InChI=1S/C59H38N2O/c1-3-16-39(17-4-1)41-30-34-43(35-31-41)54-38-55(44-36-32-42(33-37-44)40-18-5-2-6-19-40)61-58(60-54)49-23-8-7-20-45(49)48-24-15-28-53-57(48)62-56-29-14-13-27-52(56)59(53)50-25-11-9-21-46(50)47-22-10-12-26-51(47)59/h1-38H. The molecule has 0 N–H and O–H groups in total. The maximum Gasteiger partial charge on any atom is 0.161 e. The lowest BCUT2D eigenvalue weighted by Gasteiger charge is -2.40. The zero-order chi connectivity index (χ0) is 41.0. The first-order chi connectivity index (χ1) is 30.7. The Morgan fingerprint density at radius 3 is 1.26 bits per heavy atom. The van der Waals surface area contributed by atoms with E-state index in [-0.39, 0.29) is 0 Å². The molecule has 1 spiro atoms. The molecule has 9 aromatic carbocycles. The van der Waals surface area contributed by atoms with E-state index in [1.54, 1.807) is 0 Å². The summed E-state index contributed by atoms with van der Waals surface area (Å²) >= 11 is 0. The van der Waals surface area contributed by atoms with E-state index in [1.165, 1.54) is 33.4 Å². The highest BCUT2D eigenvalue weighted by atomic mass is 16.5. The van der Waals surface area contributed by atoms with Gasteiger partial charge in [-0.3, -0.25) is 0 Å². The summed E-state index contributed by atoms with van der Waals surface area (Å²) in [6, 6.07) is 81.8. The highest BCUT2D eigenvalue weighted by Crippen LogP contribution is 2.63. The van der Waals surface area contributed by atoms with Gasteiger partial charge in [0.05, 0.1) is 16.8 Å². The van der Waals surface area contributed by atoms with Crippen LogP contribution in [0.2, 0.25) is 0 Å². The van der Waals surface area contributed by atoms with Gasteiger partial charge in [-0.05, 0) is 62.2 Å². The molecule has 1 aromatic heterocycles. The van der Waals surface area contributed by atoms with Gasteiger partial charge in [-0.2, -0.15) is 0 Å². The van der Waals surface area contributed by atoms with Crippen molar-refractivity contribution < 1.29 is 4.74 Å². The number of aromatic nitrogens is 2. The van der Waals surface area contributed by atoms with Crippen LogP contribution in [0.3, 0.4) is 0 Å². The van der Waals surface area contributed by atoms with Crippen LogP contribution >= 0.6 is 0 Å². The molecule has 62 heavy (non-hydrogen) atoms. The molecule has 1 aliphatic carbocycles. The zero-order valence-corrected chi connectivity index (χ0v) is 33.7. The molecule has 0 radical (unpaired) electrons. The molecule has 0 atom stereocenters. The van der Waals surface area contributed by atoms with Gasteiger partial charge in [-0.1, -0.05) is 218 Å². The Bertz CT molecular complexity index is 3150. The number of benzene rings is 9. The fraction of sp³-hybridized carbons (Fsp3) is 0.0169. The summed E-state index contributed by atoms with van der Waals surface area (Å²) in [6.07, 6.45) is 0. The predicted molar refractivity (Wildman–Crippen MR) is 252 cm³/mol. The van der Waals surface area contributed by atoms with Gasteiger partial charge in [0.25, 0.3) is 0 Å². The average molecular weight is 791 g/mol. The lowest BCUT2D eigenvalue weighted by molar-refractivity contribution is 0.438. The lowest BCUT2D eigenvalue weighted by Crippen LogP contribution is -2.32. The third-order valence-electron chi connectivity index (χ3n) is 12.6. The van der Waals surface area contributed by atoms with Crippen LogP contribution < -0.4 is 4.74 Å². The Kier molecular flexibility index (Phi) is 8.39. The van der Waals surface area contributed by atoms with Crippen molar-refractivity contribution in [2.45, 2.75) is 5.41 Å². The van der Waals surface area contributed by atoms with E-state index in [0.717, 1.165) is 73.0 Å². The molecule has 0 saturated heterocycles. The number of para-hydroxylation sites is 2. The highest BCUT2D eigenvalue weighted by molar-refractivity contribution is 5.92. The number of nitrogens with zero attached hydrogens (tertiary/aromatic N) is 2. The Morgan fingerprint density at radius 2 is 0.694 bits per heavy atom. The molecule has 290 valence electrons. The molecular weight excluding hydrogens is 753 g/mol. The zero-order valence-electron chi connectivity index (χ0n) is 33.7. The van der Waals surface area contributed by atoms with Gasteiger partial charge in [-0.15, -0.1) is 0 Å². The van der Waals surface area contributed by atoms with E-state index < -0.39 is 5.41 Å². The Labute approximate surface area is 361 Å². The fourth-order valence-electron chi connectivity index (χ4n) is 9.79. The average Bonchev–Trinajstić information content (AvgIpc) is 3.65. The molecule has 0 unspecified atom stereocenters. The van der Waals surface area contributed by atoms with Crippen LogP contribution in [0.4, 0.5) is 0 Å². The summed E-state index contributed by atoms with van der Waals surface area (Å²) < 4.78 is 7.11. The molecule has 3 heteroatoms. The van der Waals surface area contributed by atoms with Crippen molar-refractivity contribution in [3.05, 3.63) is 253 Å². The second-order valence-electron chi connectivity index (χ2n) is 16.0. The highest BCUT2D eigenvalue weighted by Gasteiger charge is 2.51. The van der Waals surface area contributed by atoms with Gasteiger partial charge >= 0.3 is 0 Å². The van der Waals surface area contributed by atoms with E-state index in [4.69, 9.17) is 14.7 Å². The summed E-state index contributed by atoms with van der Waals surface area (Å²) in [6.45, 7) is 0. The Balaban J connectivity index is 1.05. The fourth-order valence-corrected chi connectivity index (χ4v) is 9.79. The Morgan fingerprint density at radius 1 is 0.290 bits per heavy atom. The molecule has 10 aromatic rings. The minimum absolute atomic E-state index is 0.566. The van der Waals surface area contributed by atoms with E-state index in [0.29, 0.717) is 5.82 Å². The van der Waals surface area contributed by atoms with Gasteiger partial charge in [0.2, 0.25) is 0 Å². The van der Waals surface area contributed by atoms with E-state index in [9.17, 15) is 0 Å². The van der Waals surface area contributed by atoms with Crippen molar-refractivity contribution in [2.24, 2.45) is 0 Å². The SMILES string of the molecule is c1ccc(-c2ccc(-c3cc(-c4ccc(-c5ccccc5)cc4)nc(-c4ccccc4-c4cccc5c4Oc4ccccc4C54c5ccccc5-c5ccccc54)n3)cc2)cc1. The minimum atomic E-state index is -0.566. The van der Waals surface area contributed by atoms with Crippen LogP contribution in [0, 0.1) is 0 Å². The Hall–Kier alpha value is -8.14. The van der Waals surface area contributed by atoms with Crippen LogP contribution in [0.25, 0.3) is 78.4 Å². The summed E-state index contributed by atoms with van der Waals surface area (Å²) in [5.41, 5.74) is 18.1. The van der Waals surface area contributed by atoms with Crippen LogP contribution in [-0.2, 0) is 5.41 Å². The van der Waals surface area contributed by atoms with Crippen molar-refractivity contribution in [1.29, 1.82) is 0 Å². The smallest absolute Gasteiger partial charge is 0.161 e. The monoisotopic (exact) mass is 790 g/mol. The van der Waals surface area contributed by atoms with Gasteiger partial charge < -0.3 is 4.74 Å². The summed E-state index contributed by atoms with van der Waals surface area (Å²) in [7, 11) is 0. The number of hydrogen-bond acceptors (Lipinski definition) is 3. The summed E-state index contributed by atoms with van der Waals surface area (Å²) in [5, 5.41) is 0. The third kappa shape index (κ3) is 5.67. The number of rotatable bonds is 6. The van der Waals surface area contributed by atoms with Crippen LogP contribution in [0.1, 0.15) is 22.3 Å². The van der Waals surface area contributed by atoms with E-state index in [2.05, 4.69) is 218 Å². The van der Waals surface area contributed by atoms with Crippen LogP contribution in [0.15, 0.2) is 231 Å². The number of ether oxygens (including phenoxy) is 1. The van der Waals surface area contributed by atoms with E-state index in [1.807, 2.05) is 12.1 Å². The molecule has 12 rings (SSSR count). The molecule has 2 aliphatic rings. The van der Waals surface area contributed by atoms with Crippen molar-refractivity contribution >= 4 is 0 Å². The molecule has 3 nitrogen and oxygen atoms in total. The summed E-state index contributed by atoms with van der Waals surface area (Å²) in [5.74, 6) is 2.34. The molecular formula is C59H38N2O. The van der Waals surface area contributed by atoms with Crippen LogP contribution in [-0.4, -0.2) is 9.97 Å². The van der Waals surface area contributed by atoms with Gasteiger partial charge in [-0.25, -0.2) is 9.97 Å². The molecule has 1 aliphatic heterocycles. The molecule has 0 amide bonds. The largest absolute Gasteiger partial charge is 0.456 e. The topological polar surface area (TPSA) is 35.0 Å². The summed E-state index contributed by atoms with van der Waals surface area (Å²) in [4.78, 5) is 10.8. The second kappa shape index (κ2) is 14.5.